The number of carbonyl (C=O) groups is 1. The Morgan fingerprint density at radius 3 is 2.19 bits per heavy atom. The third kappa shape index (κ3) is 4.12. The molecule has 1 aromatic rings. The predicted molar refractivity (Wildman–Crippen MR) is 105 cm³/mol. The molecule has 1 aromatic carbocycles. The fraction of sp³-hybridized carbons (Fsp3) is 0.682. The first-order chi connectivity index (χ1) is 12.8. The van der Waals surface area contributed by atoms with Crippen LogP contribution in [0.25, 0.3) is 0 Å². The van der Waals surface area contributed by atoms with Crippen LogP contribution in [0.2, 0.25) is 0 Å². The van der Waals surface area contributed by atoms with Crippen molar-refractivity contribution in [1.29, 1.82) is 0 Å². The third-order valence-electron chi connectivity index (χ3n) is 6.55. The first-order valence-corrected chi connectivity index (χ1v) is 10.6. The Hall–Kier alpha value is -1.39. The number of nitrogens with zero attached hydrogens (tertiary/aromatic N) is 3. The Morgan fingerprint density at radius 2 is 1.46 bits per heavy atom. The zero-order valence-corrected chi connectivity index (χ0v) is 16.0. The molecule has 142 valence electrons. The quantitative estimate of drug-likeness (QED) is 0.812. The second kappa shape index (κ2) is 8.53. The SMILES string of the molecule is O=C(CN1CCCC1C1CCCN1Cc1ccccc1)N1CCCCC1. The van der Waals surface area contributed by atoms with Gasteiger partial charge < -0.3 is 4.90 Å². The van der Waals surface area contributed by atoms with Crippen LogP contribution in [0, 0.1) is 0 Å². The summed E-state index contributed by atoms with van der Waals surface area (Å²) in [5.74, 6) is 0.365. The molecule has 4 rings (SSSR count). The van der Waals surface area contributed by atoms with Gasteiger partial charge in [0.2, 0.25) is 5.91 Å². The van der Waals surface area contributed by atoms with E-state index in [9.17, 15) is 4.79 Å². The van der Waals surface area contributed by atoms with Crippen molar-refractivity contribution in [2.45, 2.75) is 63.6 Å². The number of likely N-dealkylation sites (tertiary alicyclic amines) is 3. The highest BCUT2D eigenvalue weighted by Crippen LogP contribution is 2.31. The lowest BCUT2D eigenvalue weighted by Crippen LogP contribution is -2.50. The van der Waals surface area contributed by atoms with Crippen LogP contribution in [0.4, 0.5) is 0 Å². The Bertz CT molecular complexity index is 584. The van der Waals surface area contributed by atoms with Crippen LogP contribution in [0.1, 0.15) is 50.5 Å². The molecular weight excluding hydrogens is 322 g/mol. The summed E-state index contributed by atoms with van der Waals surface area (Å²) in [5.41, 5.74) is 1.41. The van der Waals surface area contributed by atoms with Gasteiger partial charge in [0.25, 0.3) is 0 Å². The minimum atomic E-state index is 0.365. The van der Waals surface area contributed by atoms with E-state index < -0.39 is 0 Å². The molecule has 1 amide bonds. The van der Waals surface area contributed by atoms with E-state index in [1.54, 1.807) is 0 Å². The third-order valence-corrected chi connectivity index (χ3v) is 6.55. The van der Waals surface area contributed by atoms with E-state index >= 15 is 0 Å². The van der Waals surface area contributed by atoms with Gasteiger partial charge in [-0.1, -0.05) is 30.3 Å². The van der Waals surface area contributed by atoms with Crippen molar-refractivity contribution in [3.05, 3.63) is 35.9 Å². The van der Waals surface area contributed by atoms with Gasteiger partial charge in [0.05, 0.1) is 6.54 Å². The number of hydrogen-bond donors (Lipinski definition) is 0. The molecule has 2 unspecified atom stereocenters. The first kappa shape index (κ1) is 18.0. The summed E-state index contributed by atoms with van der Waals surface area (Å²) < 4.78 is 0. The second-order valence-corrected chi connectivity index (χ2v) is 8.29. The van der Waals surface area contributed by atoms with Crippen LogP contribution >= 0.6 is 0 Å². The van der Waals surface area contributed by atoms with Crippen LogP contribution in [0.5, 0.6) is 0 Å². The standard InChI is InChI=1S/C22H33N3O/c26-22(23-13-5-2-6-14-23)18-25-16-8-12-21(25)20-11-7-15-24(20)17-19-9-3-1-4-10-19/h1,3-4,9-10,20-21H,2,5-8,11-18H2. The molecule has 3 fully saturated rings. The largest absolute Gasteiger partial charge is 0.342 e. The topological polar surface area (TPSA) is 26.8 Å². The van der Waals surface area contributed by atoms with Crippen molar-refractivity contribution in [2.24, 2.45) is 0 Å². The summed E-state index contributed by atoms with van der Waals surface area (Å²) in [4.78, 5) is 20.0. The van der Waals surface area contributed by atoms with Gasteiger partial charge in [0, 0.05) is 31.7 Å². The zero-order chi connectivity index (χ0) is 17.8. The molecule has 2 atom stereocenters. The molecule has 26 heavy (non-hydrogen) atoms. The van der Waals surface area contributed by atoms with Crippen molar-refractivity contribution < 1.29 is 4.79 Å². The molecular formula is C22H33N3O. The predicted octanol–water partition coefficient (Wildman–Crippen LogP) is 3.13. The Morgan fingerprint density at radius 1 is 0.808 bits per heavy atom. The monoisotopic (exact) mass is 355 g/mol. The van der Waals surface area contributed by atoms with Crippen LogP contribution in [-0.4, -0.2) is 65.4 Å². The van der Waals surface area contributed by atoms with Gasteiger partial charge in [-0.2, -0.15) is 0 Å². The number of amides is 1. The summed E-state index contributed by atoms with van der Waals surface area (Å²) in [5, 5.41) is 0. The van der Waals surface area contributed by atoms with E-state index in [1.165, 1.54) is 57.1 Å². The summed E-state index contributed by atoms with van der Waals surface area (Å²) in [6.45, 7) is 5.93. The molecule has 3 aliphatic heterocycles. The number of hydrogen-bond acceptors (Lipinski definition) is 3. The Kier molecular flexibility index (Phi) is 5.91. The van der Waals surface area contributed by atoms with Crippen LogP contribution in [-0.2, 0) is 11.3 Å². The van der Waals surface area contributed by atoms with Crippen molar-refractivity contribution in [3.63, 3.8) is 0 Å². The van der Waals surface area contributed by atoms with Crippen LogP contribution in [0.3, 0.4) is 0 Å². The van der Waals surface area contributed by atoms with Crippen molar-refractivity contribution in [2.75, 3.05) is 32.7 Å². The molecule has 0 radical (unpaired) electrons. The molecule has 0 N–H and O–H groups in total. The molecule has 0 aliphatic carbocycles. The molecule has 4 nitrogen and oxygen atoms in total. The lowest BCUT2D eigenvalue weighted by Gasteiger charge is -2.36. The zero-order valence-electron chi connectivity index (χ0n) is 16.0. The van der Waals surface area contributed by atoms with Crippen molar-refractivity contribution in [3.8, 4) is 0 Å². The number of carbonyl (C=O) groups excluding carboxylic acids is 1. The van der Waals surface area contributed by atoms with Crippen LogP contribution in [0.15, 0.2) is 30.3 Å². The van der Waals surface area contributed by atoms with E-state index in [4.69, 9.17) is 0 Å². The van der Waals surface area contributed by atoms with Crippen molar-refractivity contribution in [1.82, 2.24) is 14.7 Å². The van der Waals surface area contributed by atoms with E-state index in [0.717, 1.165) is 26.2 Å². The highest BCUT2D eigenvalue weighted by molar-refractivity contribution is 5.78. The summed E-state index contributed by atoms with van der Waals surface area (Å²) in [6.07, 6.45) is 8.72. The van der Waals surface area contributed by atoms with Gasteiger partial charge in [0.15, 0.2) is 0 Å². The maximum atomic E-state index is 12.8. The highest BCUT2D eigenvalue weighted by atomic mass is 16.2. The smallest absolute Gasteiger partial charge is 0.236 e. The second-order valence-electron chi connectivity index (χ2n) is 8.29. The number of rotatable bonds is 5. The fourth-order valence-electron chi connectivity index (χ4n) is 5.20. The average Bonchev–Trinajstić information content (AvgIpc) is 3.32. The highest BCUT2D eigenvalue weighted by Gasteiger charge is 2.38. The van der Waals surface area contributed by atoms with E-state index in [1.807, 2.05) is 0 Å². The molecule has 3 aliphatic rings. The lowest BCUT2D eigenvalue weighted by atomic mass is 10.0. The minimum Gasteiger partial charge on any atom is -0.342 e. The van der Waals surface area contributed by atoms with Gasteiger partial charge in [-0.05, 0) is 63.6 Å². The van der Waals surface area contributed by atoms with Gasteiger partial charge >= 0.3 is 0 Å². The molecule has 0 saturated carbocycles. The maximum absolute atomic E-state index is 12.8. The summed E-state index contributed by atoms with van der Waals surface area (Å²) in [7, 11) is 0. The average molecular weight is 356 g/mol. The first-order valence-electron chi connectivity index (χ1n) is 10.6. The minimum absolute atomic E-state index is 0.365. The molecule has 3 saturated heterocycles. The van der Waals surface area contributed by atoms with Gasteiger partial charge in [-0.3, -0.25) is 14.6 Å². The molecule has 0 bridgehead atoms. The van der Waals surface area contributed by atoms with Crippen LogP contribution < -0.4 is 0 Å². The lowest BCUT2D eigenvalue weighted by molar-refractivity contribution is -0.133. The van der Waals surface area contributed by atoms with Crippen molar-refractivity contribution >= 4 is 5.91 Å². The molecule has 4 heteroatoms. The Balaban J connectivity index is 1.38. The van der Waals surface area contributed by atoms with Gasteiger partial charge in [-0.15, -0.1) is 0 Å². The van der Waals surface area contributed by atoms with E-state index in [2.05, 4.69) is 45.0 Å². The number of piperidine rings is 1. The van der Waals surface area contributed by atoms with Gasteiger partial charge in [0.1, 0.15) is 0 Å². The molecule has 3 heterocycles. The van der Waals surface area contributed by atoms with E-state index in [-0.39, 0.29) is 0 Å². The molecule has 0 spiro atoms. The Labute approximate surface area is 158 Å². The van der Waals surface area contributed by atoms with E-state index in [0.29, 0.717) is 24.5 Å². The van der Waals surface area contributed by atoms with Gasteiger partial charge in [-0.25, -0.2) is 0 Å². The fourth-order valence-corrected chi connectivity index (χ4v) is 5.20. The maximum Gasteiger partial charge on any atom is 0.236 e. The summed E-state index contributed by atoms with van der Waals surface area (Å²) in [6, 6.07) is 12.0. The molecule has 0 aromatic heterocycles. The normalized spacial score (nSPS) is 27.9. The summed E-state index contributed by atoms with van der Waals surface area (Å²) >= 11 is 0. The number of benzene rings is 1.